The summed E-state index contributed by atoms with van der Waals surface area (Å²) in [6.07, 6.45) is -7.63. The van der Waals surface area contributed by atoms with Crippen LogP contribution in [0.4, 0.5) is 13.2 Å². The fourth-order valence-corrected chi connectivity index (χ4v) is 2.01. The normalized spacial score (nSPS) is 14.3. The van der Waals surface area contributed by atoms with Crippen molar-refractivity contribution in [2.45, 2.75) is 24.9 Å². The summed E-state index contributed by atoms with van der Waals surface area (Å²) in [5.74, 6) is -0.185. The van der Waals surface area contributed by atoms with Crippen molar-refractivity contribution in [1.29, 1.82) is 0 Å². The van der Waals surface area contributed by atoms with Crippen LogP contribution < -0.4 is 10.5 Å². The zero-order valence-electron chi connectivity index (χ0n) is 12.0. The minimum Gasteiger partial charge on any atom is -0.507 e. The summed E-state index contributed by atoms with van der Waals surface area (Å²) in [4.78, 5) is 0. The summed E-state index contributed by atoms with van der Waals surface area (Å²) in [5, 5.41) is 19.0. The number of phenolic OH excluding ortho intramolecular Hbond substituents is 1. The molecule has 0 aliphatic heterocycles. The quantitative estimate of drug-likeness (QED) is 0.789. The van der Waals surface area contributed by atoms with Crippen LogP contribution in [0.15, 0.2) is 48.5 Å². The molecule has 0 aliphatic rings. The third-order valence-corrected chi connectivity index (χ3v) is 3.28. The van der Waals surface area contributed by atoms with Crippen LogP contribution in [0.3, 0.4) is 0 Å². The van der Waals surface area contributed by atoms with E-state index in [9.17, 15) is 18.3 Å². The van der Waals surface area contributed by atoms with Gasteiger partial charge in [-0.25, -0.2) is 0 Å². The molecule has 0 saturated carbocycles. The molecule has 0 bridgehead atoms. The first-order chi connectivity index (χ1) is 10.8. The van der Waals surface area contributed by atoms with Gasteiger partial charge in [0, 0.05) is 11.6 Å². The highest BCUT2D eigenvalue weighted by molar-refractivity contribution is 5.42. The Kier molecular flexibility index (Phi) is 5.12. The van der Waals surface area contributed by atoms with Crippen LogP contribution in [0, 0.1) is 0 Å². The van der Waals surface area contributed by atoms with Crippen LogP contribution in [-0.2, 0) is 6.61 Å². The van der Waals surface area contributed by atoms with Gasteiger partial charge in [0.1, 0.15) is 18.1 Å². The Hall–Kier alpha value is -2.25. The SMILES string of the molecule is N[C@H](c1ccc(OCc2ccccc2)cc1O)[C@@H](O)C(F)(F)F. The van der Waals surface area contributed by atoms with Crippen LogP contribution in [0.5, 0.6) is 11.5 Å². The molecule has 0 amide bonds. The topological polar surface area (TPSA) is 75.7 Å². The highest BCUT2D eigenvalue weighted by Gasteiger charge is 2.43. The zero-order valence-corrected chi connectivity index (χ0v) is 12.0. The molecule has 0 spiro atoms. The van der Waals surface area contributed by atoms with Gasteiger partial charge in [0.15, 0.2) is 6.10 Å². The first-order valence-corrected chi connectivity index (χ1v) is 6.79. The molecule has 0 aliphatic carbocycles. The molecule has 0 heterocycles. The molecule has 0 unspecified atom stereocenters. The lowest BCUT2D eigenvalue weighted by Gasteiger charge is -2.22. The number of rotatable bonds is 5. The van der Waals surface area contributed by atoms with E-state index in [1.807, 2.05) is 30.3 Å². The van der Waals surface area contributed by atoms with Gasteiger partial charge in [-0.05, 0) is 17.7 Å². The van der Waals surface area contributed by atoms with E-state index < -0.39 is 24.1 Å². The number of halogens is 3. The van der Waals surface area contributed by atoms with Gasteiger partial charge in [-0.2, -0.15) is 13.2 Å². The zero-order chi connectivity index (χ0) is 17.0. The summed E-state index contributed by atoms with van der Waals surface area (Å²) in [6.45, 7) is 0.247. The first-order valence-electron chi connectivity index (χ1n) is 6.79. The molecule has 2 atom stereocenters. The van der Waals surface area contributed by atoms with Crippen molar-refractivity contribution in [3.05, 3.63) is 59.7 Å². The molecular weight excluding hydrogens is 311 g/mol. The van der Waals surface area contributed by atoms with Gasteiger partial charge in [-0.1, -0.05) is 30.3 Å². The van der Waals surface area contributed by atoms with Gasteiger partial charge >= 0.3 is 6.18 Å². The maximum absolute atomic E-state index is 12.5. The number of phenols is 1. The number of nitrogens with two attached hydrogens (primary N) is 1. The average Bonchev–Trinajstić information content (AvgIpc) is 2.52. The predicted octanol–water partition coefficient (Wildman–Crippen LogP) is 2.89. The largest absolute Gasteiger partial charge is 0.507 e. The van der Waals surface area contributed by atoms with Gasteiger partial charge in [-0.3, -0.25) is 0 Å². The fourth-order valence-electron chi connectivity index (χ4n) is 2.01. The second-order valence-corrected chi connectivity index (χ2v) is 5.01. The summed E-state index contributed by atoms with van der Waals surface area (Å²) in [5.41, 5.74) is 6.07. The van der Waals surface area contributed by atoms with Crippen molar-refractivity contribution in [3.8, 4) is 11.5 Å². The van der Waals surface area contributed by atoms with Gasteiger partial charge < -0.3 is 20.7 Å². The van der Waals surface area contributed by atoms with Crippen molar-refractivity contribution in [3.63, 3.8) is 0 Å². The van der Waals surface area contributed by atoms with Gasteiger partial charge in [0.05, 0.1) is 6.04 Å². The molecular formula is C16H16F3NO3. The Morgan fingerprint density at radius 1 is 1.09 bits per heavy atom. The first kappa shape index (κ1) is 17.1. The van der Waals surface area contributed by atoms with Crippen LogP contribution in [0.2, 0.25) is 0 Å². The molecule has 2 aromatic carbocycles. The van der Waals surface area contributed by atoms with Gasteiger partial charge in [0.2, 0.25) is 0 Å². The Labute approximate surface area is 130 Å². The van der Waals surface area contributed by atoms with Crippen molar-refractivity contribution in [2.75, 3.05) is 0 Å². The lowest BCUT2D eigenvalue weighted by molar-refractivity contribution is -0.210. The number of hydrogen-bond acceptors (Lipinski definition) is 4. The predicted molar refractivity (Wildman–Crippen MR) is 77.9 cm³/mol. The molecule has 4 N–H and O–H groups in total. The second-order valence-electron chi connectivity index (χ2n) is 5.01. The second kappa shape index (κ2) is 6.89. The maximum atomic E-state index is 12.5. The van der Waals surface area contributed by atoms with Gasteiger partial charge in [0.25, 0.3) is 0 Å². The third kappa shape index (κ3) is 4.37. The molecule has 0 saturated heterocycles. The molecule has 0 fully saturated rings. The molecule has 0 radical (unpaired) electrons. The molecule has 4 nitrogen and oxygen atoms in total. The van der Waals surface area contributed by atoms with Crippen molar-refractivity contribution in [1.82, 2.24) is 0 Å². The number of aliphatic hydroxyl groups is 1. The molecule has 2 rings (SSSR count). The van der Waals surface area contributed by atoms with Crippen LogP contribution in [0.25, 0.3) is 0 Å². The Morgan fingerprint density at radius 3 is 2.30 bits per heavy atom. The van der Waals surface area contributed by atoms with E-state index in [2.05, 4.69) is 0 Å². The Balaban J connectivity index is 2.08. The lowest BCUT2D eigenvalue weighted by atomic mass is 10.0. The summed E-state index contributed by atoms with van der Waals surface area (Å²) >= 11 is 0. The molecule has 2 aromatic rings. The van der Waals surface area contributed by atoms with E-state index in [-0.39, 0.29) is 17.9 Å². The van der Waals surface area contributed by atoms with Crippen molar-refractivity contribution in [2.24, 2.45) is 5.73 Å². The third-order valence-electron chi connectivity index (χ3n) is 3.28. The lowest BCUT2D eigenvalue weighted by Crippen LogP contribution is -2.38. The number of alkyl halides is 3. The summed E-state index contributed by atoms with van der Waals surface area (Å²) < 4.78 is 42.9. The van der Waals surface area contributed by atoms with E-state index in [0.717, 1.165) is 5.56 Å². The molecule has 124 valence electrons. The van der Waals surface area contributed by atoms with Crippen molar-refractivity contribution < 1.29 is 28.1 Å². The maximum Gasteiger partial charge on any atom is 0.416 e. The van der Waals surface area contributed by atoms with E-state index in [1.54, 1.807) is 0 Å². The van der Waals surface area contributed by atoms with E-state index in [1.165, 1.54) is 18.2 Å². The summed E-state index contributed by atoms with van der Waals surface area (Å²) in [7, 11) is 0. The highest BCUT2D eigenvalue weighted by atomic mass is 19.4. The van der Waals surface area contributed by atoms with Crippen molar-refractivity contribution >= 4 is 0 Å². The van der Waals surface area contributed by atoms with E-state index >= 15 is 0 Å². The monoisotopic (exact) mass is 327 g/mol. The minimum absolute atomic E-state index is 0.207. The van der Waals surface area contributed by atoms with Crippen LogP contribution >= 0.6 is 0 Å². The smallest absolute Gasteiger partial charge is 0.416 e. The number of aromatic hydroxyl groups is 1. The summed E-state index contributed by atoms with van der Waals surface area (Å²) in [6, 6.07) is 11.2. The van der Waals surface area contributed by atoms with Crippen LogP contribution in [0.1, 0.15) is 17.2 Å². The molecule has 7 heteroatoms. The molecule has 0 aromatic heterocycles. The number of aliphatic hydroxyl groups excluding tert-OH is 1. The van der Waals surface area contributed by atoms with E-state index in [4.69, 9.17) is 15.6 Å². The van der Waals surface area contributed by atoms with Crippen LogP contribution in [-0.4, -0.2) is 22.5 Å². The standard InChI is InChI=1S/C16H16F3NO3/c17-16(18,19)15(22)14(20)12-7-6-11(8-13(12)21)23-9-10-4-2-1-3-5-10/h1-8,14-15,21-22H,9,20H2/t14-,15-/m1/s1. The Bertz CT molecular complexity index is 647. The Morgan fingerprint density at radius 2 is 1.74 bits per heavy atom. The van der Waals surface area contributed by atoms with Gasteiger partial charge in [-0.15, -0.1) is 0 Å². The number of benzene rings is 2. The number of ether oxygens (including phenoxy) is 1. The average molecular weight is 327 g/mol. The fraction of sp³-hybridized carbons (Fsp3) is 0.250. The van der Waals surface area contributed by atoms with E-state index in [0.29, 0.717) is 0 Å². The molecule has 23 heavy (non-hydrogen) atoms. The minimum atomic E-state index is -4.87. The number of hydrogen-bond donors (Lipinski definition) is 3. The highest BCUT2D eigenvalue weighted by Crippen LogP contribution is 2.34.